The SMILES string of the molecule is Cc1cc(NC(=O)c2cn(CCN)cn2)ccn1. The molecule has 0 saturated carbocycles. The molecular formula is C12H15N5O. The fourth-order valence-corrected chi connectivity index (χ4v) is 1.57. The lowest BCUT2D eigenvalue weighted by molar-refractivity contribution is 0.102. The number of imidazole rings is 1. The highest BCUT2D eigenvalue weighted by atomic mass is 16.1. The van der Waals surface area contributed by atoms with Gasteiger partial charge in [0.05, 0.1) is 6.33 Å². The van der Waals surface area contributed by atoms with E-state index in [1.165, 1.54) is 0 Å². The summed E-state index contributed by atoms with van der Waals surface area (Å²) in [5.41, 5.74) is 7.36. The molecule has 6 heteroatoms. The van der Waals surface area contributed by atoms with Crippen LogP contribution in [0.5, 0.6) is 0 Å². The van der Waals surface area contributed by atoms with Crippen molar-refractivity contribution in [3.8, 4) is 0 Å². The molecule has 1 amide bonds. The van der Waals surface area contributed by atoms with Crippen LogP contribution in [0.15, 0.2) is 30.9 Å². The van der Waals surface area contributed by atoms with Crippen LogP contribution >= 0.6 is 0 Å². The van der Waals surface area contributed by atoms with Gasteiger partial charge >= 0.3 is 0 Å². The summed E-state index contributed by atoms with van der Waals surface area (Å²) in [6, 6.07) is 3.54. The summed E-state index contributed by atoms with van der Waals surface area (Å²) in [4.78, 5) is 20.0. The van der Waals surface area contributed by atoms with E-state index in [0.29, 0.717) is 24.5 Å². The van der Waals surface area contributed by atoms with Gasteiger partial charge in [0.15, 0.2) is 0 Å². The molecule has 0 atom stereocenters. The van der Waals surface area contributed by atoms with Crippen LogP contribution in [0.1, 0.15) is 16.2 Å². The minimum absolute atomic E-state index is 0.239. The molecule has 2 aromatic heterocycles. The maximum atomic E-state index is 11.9. The number of aromatic nitrogens is 3. The van der Waals surface area contributed by atoms with E-state index in [0.717, 1.165) is 5.69 Å². The zero-order valence-electron chi connectivity index (χ0n) is 10.1. The lowest BCUT2D eigenvalue weighted by Crippen LogP contribution is -2.13. The predicted molar refractivity (Wildman–Crippen MR) is 68.2 cm³/mol. The number of aryl methyl sites for hydroxylation is 1. The largest absolute Gasteiger partial charge is 0.335 e. The van der Waals surface area contributed by atoms with Crippen LogP contribution in [-0.2, 0) is 6.54 Å². The molecule has 94 valence electrons. The Morgan fingerprint density at radius 2 is 2.33 bits per heavy atom. The molecule has 18 heavy (non-hydrogen) atoms. The highest BCUT2D eigenvalue weighted by Gasteiger charge is 2.09. The lowest BCUT2D eigenvalue weighted by atomic mass is 10.3. The summed E-state index contributed by atoms with van der Waals surface area (Å²) >= 11 is 0. The molecule has 0 aliphatic rings. The van der Waals surface area contributed by atoms with E-state index in [1.54, 1.807) is 35.4 Å². The Kier molecular flexibility index (Phi) is 3.69. The summed E-state index contributed by atoms with van der Waals surface area (Å²) in [6.07, 6.45) is 4.92. The minimum atomic E-state index is -0.239. The quantitative estimate of drug-likeness (QED) is 0.834. The summed E-state index contributed by atoms with van der Waals surface area (Å²) in [6.45, 7) is 3.03. The Bertz CT molecular complexity index is 549. The van der Waals surface area contributed by atoms with E-state index in [9.17, 15) is 4.79 Å². The molecule has 0 bridgehead atoms. The van der Waals surface area contributed by atoms with Gasteiger partial charge in [-0.2, -0.15) is 0 Å². The van der Waals surface area contributed by atoms with Crippen molar-refractivity contribution in [2.75, 3.05) is 11.9 Å². The molecule has 0 saturated heterocycles. The average Bonchev–Trinajstić information content (AvgIpc) is 2.78. The van der Waals surface area contributed by atoms with E-state index >= 15 is 0 Å². The summed E-state index contributed by atoms with van der Waals surface area (Å²) in [5, 5.41) is 2.77. The lowest BCUT2D eigenvalue weighted by Gasteiger charge is -2.03. The number of hydrogen-bond donors (Lipinski definition) is 2. The number of carbonyl (C=O) groups excluding carboxylic acids is 1. The van der Waals surface area contributed by atoms with Crippen molar-refractivity contribution in [3.05, 3.63) is 42.2 Å². The van der Waals surface area contributed by atoms with Crippen LogP contribution in [0, 0.1) is 6.92 Å². The molecule has 2 aromatic rings. The molecule has 0 unspecified atom stereocenters. The number of rotatable bonds is 4. The molecule has 6 nitrogen and oxygen atoms in total. The third kappa shape index (κ3) is 2.92. The maximum absolute atomic E-state index is 11.9. The van der Waals surface area contributed by atoms with Gasteiger partial charge in [0.1, 0.15) is 5.69 Å². The average molecular weight is 245 g/mol. The second-order valence-electron chi connectivity index (χ2n) is 3.93. The number of carbonyl (C=O) groups is 1. The number of hydrogen-bond acceptors (Lipinski definition) is 4. The number of pyridine rings is 1. The van der Waals surface area contributed by atoms with Gasteiger partial charge < -0.3 is 15.6 Å². The molecule has 0 aromatic carbocycles. The van der Waals surface area contributed by atoms with Gasteiger partial charge in [-0.15, -0.1) is 0 Å². The number of nitrogens with two attached hydrogens (primary N) is 1. The van der Waals surface area contributed by atoms with Crippen molar-refractivity contribution in [3.63, 3.8) is 0 Å². The Balaban J connectivity index is 2.07. The van der Waals surface area contributed by atoms with E-state index < -0.39 is 0 Å². The zero-order valence-corrected chi connectivity index (χ0v) is 10.1. The Hall–Kier alpha value is -2.21. The van der Waals surface area contributed by atoms with Crippen molar-refractivity contribution in [2.45, 2.75) is 13.5 Å². The first-order valence-corrected chi connectivity index (χ1v) is 5.65. The number of anilines is 1. The Morgan fingerprint density at radius 3 is 3.06 bits per heavy atom. The fourth-order valence-electron chi connectivity index (χ4n) is 1.57. The monoisotopic (exact) mass is 245 g/mol. The summed E-state index contributed by atoms with van der Waals surface area (Å²) < 4.78 is 1.78. The third-order valence-electron chi connectivity index (χ3n) is 2.41. The maximum Gasteiger partial charge on any atom is 0.275 e. The zero-order chi connectivity index (χ0) is 13.0. The van der Waals surface area contributed by atoms with Gasteiger partial charge in [0, 0.05) is 36.9 Å². The molecule has 0 spiro atoms. The van der Waals surface area contributed by atoms with Gasteiger partial charge in [-0.3, -0.25) is 9.78 Å². The van der Waals surface area contributed by atoms with Gasteiger partial charge in [0.2, 0.25) is 0 Å². The van der Waals surface area contributed by atoms with Crippen LogP contribution in [0.25, 0.3) is 0 Å². The number of nitrogens with zero attached hydrogens (tertiary/aromatic N) is 3. The van der Waals surface area contributed by atoms with Crippen molar-refractivity contribution in [2.24, 2.45) is 5.73 Å². The topological polar surface area (TPSA) is 85.8 Å². The molecule has 3 N–H and O–H groups in total. The smallest absolute Gasteiger partial charge is 0.275 e. The van der Waals surface area contributed by atoms with Crippen molar-refractivity contribution < 1.29 is 4.79 Å². The van der Waals surface area contributed by atoms with E-state index in [2.05, 4.69) is 15.3 Å². The first kappa shape index (κ1) is 12.3. The third-order valence-corrected chi connectivity index (χ3v) is 2.41. The van der Waals surface area contributed by atoms with E-state index in [1.807, 2.05) is 6.92 Å². The van der Waals surface area contributed by atoms with E-state index in [-0.39, 0.29) is 5.91 Å². The predicted octanol–water partition coefficient (Wildman–Crippen LogP) is 0.798. The number of amides is 1. The first-order chi connectivity index (χ1) is 8.69. The van der Waals surface area contributed by atoms with Crippen LogP contribution in [0.3, 0.4) is 0 Å². The van der Waals surface area contributed by atoms with E-state index in [4.69, 9.17) is 5.73 Å². The summed E-state index contributed by atoms with van der Waals surface area (Å²) in [5.74, 6) is -0.239. The summed E-state index contributed by atoms with van der Waals surface area (Å²) in [7, 11) is 0. The Morgan fingerprint density at radius 1 is 1.50 bits per heavy atom. The highest BCUT2D eigenvalue weighted by molar-refractivity contribution is 6.02. The van der Waals surface area contributed by atoms with Crippen LogP contribution in [0.4, 0.5) is 5.69 Å². The van der Waals surface area contributed by atoms with Gasteiger partial charge in [0.25, 0.3) is 5.91 Å². The van der Waals surface area contributed by atoms with Gasteiger partial charge in [-0.1, -0.05) is 0 Å². The molecule has 0 aliphatic heterocycles. The van der Waals surface area contributed by atoms with Crippen molar-refractivity contribution >= 4 is 11.6 Å². The Labute approximate surface area is 105 Å². The highest BCUT2D eigenvalue weighted by Crippen LogP contribution is 2.08. The van der Waals surface area contributed by atoms with Crippen LogP contribution in [-0.4, -0.2) is 27.0 Å². The van der Waals surface area contributed by atoms with Gasteiger partial charge in [-0.05, 0) is 19.1 Å². The van der Waals surface area contributed by atoms with Crippen LogP contribution < -0.4 is 11.1 Å². The molecular weight excluding hydrogens is 230 g/mol. The second-order valence-corrected chi connectivity index (χ2v) is 3.93. The minimum Gasteiger partial charge on any atom is -0.335 e. The molecule has 2 rings (SSSR count). The first-order valence-electron chi connectivity index (χ1n) is 5.65. The van der Waals surface area contributed by atoms with Crippen molar-refractivity contribution in [1.82, 2.24) is 14.5 Å². The normalized spacial score (nSPS) is 10.3. The second kappa shape index (κ2) is 5.42. The number of nitrogens with one attached hydrogen (secondary N) is 1. The van der Waals surface area contributed by atoms with Crippen LogP contribution in [0.2, 0.25) is 0 Å². The molecule has 2 heterocycles. The van der Waals surface area contributed by atoms with Crippen molar-refractivity contribution in [1.29, 1.82) is 0 Å². The standard InChI is InChI=1S/C12H15N5O/c1-9-6-10(2-4-14-9)16-12(18)11-7-17(5-3-13)8-15-11/h2,4,6-8H,3,5,13H2,1H3,(H,14,16,18). The fraction of sp³-hybridized carbons (Fsp3) is 0.250. The molecule has 0 radical (unpaired) electrons. The van der Waals surface area contributed by atoms with Gasteiger partial charge in [-0.25, -0.2) is 4.98 Å². The molecule has 0 fully saturated rings. The molecule has 0 aliphatic carbocycles.